The van der Waals surface area contributed by atoms with E-state index in [1.165, 1.54) is 9.75 Å². The van der Waals surface area contributed by atoms with Crippen LogP contribution in [0.4, 0.5) is 0 Å². The zero-order valence-corrected chi connectivity index (χ0v) is 16.5. The highest BCUT2D eigenvalue weighted by Crippen LogP contribution is 2.17. The van der Waals surface area contributed by atoms with Crippen molar-refractivity contribution in [2.75, 3.05) is 45.8 Å². The van der Waals surface area contributed by atoms with Crippen LogP contribution < -0.4 is 10.6 Å². The molecule has 2 N–H and O–H groups in total. The first kappa shape index (κ1) is 19.7. The minimum absolute atomic E-state index is 0.180. The number of rotatable bonds is 7. The summed E-state index contributed by atoms with van der Waals surface area (Å²) in [5.41, 5.74) is 0. The first-order chi connectivity index (χ1) is 12.1. The molecule has 2 rings (SSSR count). The Hall–Kier alpha value is -1.60. The summed E-state index contributed by atoms with van der Waals surface area (Å²) in [6, 6.07) is 4.36. The van der Waals surface area contributed by atoms with Gasteiger partial charge >= 0.3 is 0 Å². The van der Waals surface area contributed by atoms with E-state index in [1.807, 2.05) is 16.2 Å². The van der Waals surface area contributed by atoms with Crippen LogP contribution in [0, 0.1) is 0 Å². The van der Waals surface area contributed by atoms with E-state index >= 15 is 0 Å². The van der Waals surface area contributed by atoms with Crippen molar-refractivity contribution in [3.05, 3.63) is 21.9 Å². The van der Waals surface area contributed by atoms with Gasteiger partial charge in [0.15, 0.2) is 5.96 Å². The van der Waals surface area contributed by atoms with Gasteiger partial charge in [0.25, 0.3) is 0 Å². The highest BCUT2D eigenvalue weighted by molar-refractivity contribution is 7.11. The molecule has 1 aliphatic rings. The van der Waals surface area contributed by atoms with Gasteiger partial charge in [-0.3, -0.25) is 9.69 Å². The van der Waals surface area contributed by atoms with Crippen LogP contribution in [0.25, 0.3) is 0 Å². The Balaban J connectivity index is 1.73. The molecular weight excluding hydrogens is 334 g/mol. The molecule has 1 aromatic heterocycles. The molecule has 1 amide bonds. The fourth-order valence-corrected chi connectivity index (χ4v) is 3.70. The molecule has 1 aromatic rings. The number of guanidine groups is 1. The molecule has 1 saturated heterocycles. The fraction of sp³-hybridized carbons (Fsp3) is 0.667. The summed E-state index contributed by atoms with van der Waals surface area (Å²) in [5.74, 6) is 1.05. The van der Waals surface area contributed by atoms with Gasteiger partial charge in [-0.05, 0) is 25.5 Å². The van der Waals surface area contributed by atoms with Crippen LogP contribution in [0.3, 0.4) is 0 Å². The predicted octanol–water partition coefficient (Wildman–Crippen LogP) is 1.53. The Labute approximate surface area is 155 Å². The van der Waals surface area contributed by atoms with Gasteiger partial charge in [0, 0.05) is 62.5 Å². The number of nitrogens with zero attached hydrogens (tertiary/aromatic N) is 3. The number of thiophene rings is 1. The van der Waals surface area contributed by atoms with Crippen molar-refractivity contribution in [2.24, 2.45) is 4.99 Å². The number of hydrogen-bond donors (Lipinski definition) is 2. The molecule has 0 aromatic carbocycles. The molecule has 0 saturated carbocycles. The highest BCUT2D eigenvalue weighted by atomic mass is 32.1. The lowest BCUT2D eigenvalue weighted by Gasteiger charge is -2.34. The summed E-state index contributed by atoms with van der Waals surface area (Å²) in [4.78, 5) is 23.1. The lowest BCUT2D eigenvalue weighted by Crippen LogP contribution is -2.50. The third-order valence-electron chi connectivity index (χ3n) is 4.34. The Kier molecular flexibility index (Phi) is 8.21. The van der Waals surface area contributed by atoms with Gasteiger partial charge in [0.1, 0.15) is 0 Å². The molecule has 6 nitrogen and oxygen atoms in total. The minimum Gasteiger partial charge on any atom is -0.357 e. The van der Waals surface area contributed by atoms with Gasteiger partial charge in [-0.2, -0.15) is 0 Å². The molecule has 0 aliphatic carbocycles. The second-order valence-electron chi connectivity index (χ2n) is 6.19. The van der Waals surface area contributed by atoms with Crippen LogP contribution in [-0.2, 0) is 17.8 Å². The average molecular weight is 366 g/mol. The van der Waals surface area contributed by atoms with E-state index in [2.05, 4.69) is 46.5 Å². The van der Waals surface area contributed by atoms with Crippen LogP contribution in [-0.4, -0.2) is 67.5 Å². The smallest absolute Gasteiger partial charge is 0.219 e. The van der Waals surface area contributed by atoms with Crippen molar-refractivity contribution in [3.8, 4) is 0 Å². The third kappa shape index (κ3) is 6.66. The normalized spacial score (nSPS) is 16.1. The molecular formula is C18H31N5OS. The molecule has 2 heterocycles. The Bertz CT molecular complexity index is 564. The second kappa shape index (κ2) is 10.4. The number of carbonyl (C=O) groups excluding carboxylic acids is 1. The zero-order chi connectivity index (χ0) is 18.1. The van der Waals surface area contributed by atoms with Crippen LogP contribution in [0.1, 0.15) is 30.5 Å². The van der Waals surface area contributed by atoms with Gasteiger partial charge in [-0.25, -0.2) is 4.99 Å². The maximum absolute atomic E-state index is 11.4. The number of amides is 1. The molecule has 0 radical (unpaired) electrons. The van der Waals surface area contributed by atoms with Gasteiger partial charge in [-0.1, -0.05) is 6.92 Å². The summed E-state index contributed by atoms with van der Waals surface area (Å²) >= 11 is 1.84. The quantitative estimate of drug-likeness (QED) is 0.568. The average Bonchev–Trinajstić information content (AvgIpc) is 3.08. The maximum Gasteiger partial charge on any atom is 0.219 e. The SMILES string of the molecule is CCNC(=NCc1ccc(CC)s1)NCCN1CCN(C(C)=O)CC1. The van der Waals surface area contributed by atoms with Crippen molar-refractivity contribution >= 4 is 23.2 Å². The molecule has 140 valence electrons. The molecule has 0 spiro atoms. The minimum atomic E-state index is 0.180. The number of nitrogens with one attached hydrogen (secondary N) is 2. The van der Waals surface area contributed by atoms with Gasteiger partial charge in [-0.15, -0.1) is 11.3 Å². The number of aryl methyl sites for hydroxylation is 1. The predicted molar refractivity (Wildman–Crippen MR) is 105 cm³/mol. The van der Waals surface area contributed by atoms with Crippen LogP contribution in [0.15, 0.2) is 17.1 Å². The Morgan fingerprint density at radius 3 is 2.48 bits per heavy atom. The van der Waals surface area contributed by atoms with Crippen molar-refractivity contribution in [2.45, 2.75) is 33.7 Å². The van der Waals surface area contributed by atoms with Gasteiger partial charge in [0.2, 0.25) is 5.91 Å². The molecule has 7 heteroatoms. The third-order valence-corrected chi connectivity index (χ3v) is 5.56. The van der Waals surface area contributed by atoms with Crippen molar-refractivity contribution in [1.82, 2.24) is 20.4 Å². The monoisotopic (exact) mass is 365 g/mol. The Morgan fingerprint density at radius 2 is 1.88 bits per heavy atom. The van der Waals surface area contributed by atoms with Gasteiger partial charge in [0.05, 0.1) is 6.54 Å². The number of hydrogen-bond acceptors (Lipinski definition) is 4. The summed E-state index contributed by atoms with van der Waals surface area (Å²) < 4.78 is 0. The second-order valence-corrected chi connectivity index (χ2v) is 7.44. The standard InChI is InChI=1S/C18H31N5OS/c1-4-16-6-7-17(25-16)14-21-18(19-5-2)20-8-9-22-10-12-23(13-11-22)15(3)24/h6-7H,4-5,8-14H2,1-3H3,(H2,19,20,21). The first-order valence-corrected chi connectivity index (χ1v) is 10.0. The number of carbonyl (C=O) groups is 1. The molecule has 0 bridgehead atoms. The van der Waals surface area contributed by atoms with Crippen LogP contribution in [0.2, 0.25) is 0 Å². The molecule has 0 atom stereocenters. The molecule has 0 unspecified atom stereocenters. The number of piperazine rings is 1. The van der Waals surface area contributed by atoms with E-state index in [1.54, 1.807) is 6.92 Å². The Morgan fingerprint density at radius 1 is 1.16 bits per heavy atom. The van der Waals surface area contributed by atoms with E-state index in [-0.39, 0.29) is 5.91 Å². The zero-order valence-electron chi connectivity index (χ0n) is 15.7. The molecule has 1 aliphatic heterocycles. The van der Waals surface area contributed by atoms with Crippen molar-refractivity contribution < 1.29 is 4.79 Å². The number of aliphatic imine (C=N–C) groups is 1. The summed E-state index contributed by atoms with van der Waals surface area (Å²) in [5, 5.41) is 6.72. The van der Waals surface area contributed by atoms with E-state index in [0.717, 1.165) is 64.7 Å². The van der Waals surface area contributed by atoms with E-state index in [4.69, 9.17) is 0 Å². The lowest BCUT2D eigenvalue weighted by molar-refractivity contribution is -0.130. The largest absolute Gasteiger partial charge is 0.357 e. The molecule has 1 fully saturated rings. The topological polar surface area (TPSA) is 60.0 Å². The fourth-order valence-electron chi connectivity index (χ4n) is 2.81. The van der Waals surface area contributed by atoms with Crippen molar-refractivity contribution in [1.29, 1.82) is 0 Å². The maximum atomic E-state index is 11.4. The molecule has 25 heavy (non-hydrogen) atoms. The van der Waals surface area contributed by atoms with Crippen molar-refractivity contribution in [3.63, 3.8) is 0 Å². The summed E-state index contributed by atoms with van der Waals surface area (Å²) in [6.07, 6.45) is 1.09. The van der Waals surface area contributed by atoms with E-state index in [9.17, 15) is 4.79 Å². The van der Waals surface area contributed by atoms with E-state index in [0.29, 0.717) is 0 Å². The summed E-state index contributed by atoms with van der Waals surface area (Å²) in [7, 11) is 0. The van der Waals surface area contributed by atoms with Crippen LogP contribution >= 0.6 is 11.3 Å². The van der Waals surface area contributed by atoms with Gasteiger partial charge < -0.3 is 15.5 Å². The van der Waals surface area contributed by atoms with Crippen LogP contribution in [0.5, 0.6) is 0 Å². The first-order valence-electron chi connectivity index (χ1n) is 9.20. The van der Waals surface area contributed by atoms with E-state index < -0.39 is 0 Å². The highest BCUT2D eigenvalue weighted by Gasteiger charge is 2.17. The lowest BCUT2D eigenvalue weighted by atomic mass is 10.3. The summed E-state index contributed by atoms with van der Waals surface area (Å²) in [6.45, 7) is 12.9.